The molecule has 0 amide bonds. The highest BCUT2D eigenvalue weighted by atomic mass is 19.1. The van der Waals surface area contributed by atoms with Crippen LogP contribution in [0.15, 0.2) is 18.2 Å². The van der Waals surface area contributed by atoms with E-state index in [1.54, 1.807) is 0 Å². The third-order valence-electron chi connectivity index (χ3n) is 5.23. The molecule has 114 valence electrons. The van der Waals surface area contributed by atoms with Gasteiger partial charge in [0.2, 0.25) is 0 Å². The molecular weight excluding hydrogens is 271 g/mol. The van der Waals surface area contributed by atoms with E-state index in [1.807, 2.05) is 0 Å². The second-order valence-corrected chi connectivity index (χ2v) is 6.54. The minimum Gasteiger partial charge on any atom is -0.377 e. The summed E-state index contributed by atoms with van der Waals surface area (Å²) < 4.78 is 13.3. The van der Waals surface area contributed by atoms with Crippen molar-refractivity contribution in [1.29, 1.82) is 0 Å². The Morgan fingerprint density at radius 1 is 1.19 bits per heavy atom. The van der Waals surface area contributed by atoms with Crippen LogP contribution in [0.5, 0.6) is 0 Å². The molecule has 1 N–H and O–H groups in total. The predicted molar refractivity (Wildman–Crippen MR) is 79.8 cm³/mol. The number of rotatable bonds is 3. The summed E-state index contributed by atoms with van der Waals surface area (Å²) in [6.07, 6.45) is 9.77. The van der Waals surface area contributed by atoms with Gasteiger partial charge in [-0.2, -0.15) is 0 Å². The molecule has 2 aliphatic rings. The van der Waals surface area contributed by atoms with E-state index in [4.69, 9.17) is 0 Å². The lowest BCUT2D eigenvalue weighted by Crippen LogP contribution is -2.31. The average Bonchev–Trinajstić information content (AvgIpc) is 2.90. The van der Waals surface area contributed by atoms with Gasteiger partial charge >= 0.3 is 0 Å². The molecule has 21 heavy (non-hydrogen) atoms. The summed E-state index contributed by atoms with van der Waals surface area (Å²) in [7, 11) is 0. The Hall–Kier alpha value is -1.65. The number of halogens is 1. The minimum atomic E-state index is -0.455. The Bertz CT molecular complexity index is 531. The minimum absolute atomic E-state index is 0.0439. The van der Waals surface area contributed by atoms with Crippen molar-refractivity contribution < 1.29 is 9.31 Å². The van der Waals surface area contributed by atoms with Crippen molar-refractivity contribution in [1.82, 2.24) is 0 Å². The molecule has 5 heteroatoms. The third-order valence-corrected chi connectivity index (χ3v) is 5.23. The van der Waals surface area contributed by atoms with E-state index in [0.29, 0.717) is 11.1 Å². The quantitative estimate of drug-likeness (QED) is 0.651. The maximum atomic E-state index is 13.3. The van der Waals surface area contributed by atoms with Crippen LogP contribution in [-0.2, 0) is 0 Å². The molecule has 2 fully saturated rings. The van der Waals surface area contributed by atoms with Crippen molar-refractivity contribution in [2.45, 2.75) is 57.4 Å². The summed E-state index contributed by atoms with van der Waals surface area (Å²) in [4.78, 5) is 10.6. The summed E-state index contributed by atoms with van der Waals surface area (Å²) in [6, 6.07) is 3.83. The lowest BCUT2D eigenvalue weighted by Gasteiger charge is -2.37. The van der Waals surface area contributed by atoms with Crippen LogP contribution in [0, 0.1) is 21.3 Å². The molecule has 0 atom stereocenters. The lowest BCUT2D eigenvalue weighted by atomic mass is 9.71. The van der Waals surface area contributed by atoms with Crippen molar-refractivity contribution in [3.8, 4) is 0 Å². The molecule has 2 saturated carbocycles. The molecule has 0 bridgehead atoms. The fraction of sp³-hybridized carbons (Fsp3) is 0.625. The van der Waals surface area contributed by atoms with E-state index in [-0.39, 0.29) is 11.7 Å². The van der Waals surface area contributed by atoms with Gasteiger partial charge < -0.3 is 5.32 Å². The zero-order valence-corrected chi connectivity index (χ0v) is 12.1. The van der Waals surface area contributed by atoms with Crippen molar-refractivity contribution >= 4 is 11.4 Å². The van der Waals surface area contributed by atoms with E-state index < -0.39 is 10.7 Å². The number of nitrogens with one attached hydrogen (secondary N) is 1. The first-order chi connectivity index (χ1) is 10.1. The Balaban J connectivity index is 1.68. The number of benzene rings is 1. The van der Waals surface area contributed by atoms with Gasteiger partial charge in [0.05, 0.1) is 4.92 Å². The highest BCUT2D eigenvalue weighted by Gasteiger charge is 2.37. The van der Waals surface area contributed by atoms with Gasteiger partial charge in [0, 0.05) is 18.2 Å². The molecule has 1 spiro atoms. The molecule has 2 aliphatic carbocycles. The van der Waals surface area contributed by atoms with Gasteiger partial charge in [-0.3, -0.25) is 10.1 Å². The van der Waals surface area contributed by atoms with E-state index in [2.05, 4.69) is 5.32 Å². The number of anilines is 1. The van der Waals surface area contributed by atoms with E-state index in [0.717, 1.165) is 18.9 Å². The fourth-order valence-corrected chi connectivity index (χ4v) is 4.00. The van der Waals surface area contributed by atoms with Crippen LogP contribution in [0.4, 0.5) is 15.8 Å². The fourth-order valence-electron chi connectivity index (χ4n) is 4.00. The molecular formula is C16H21FN2O2. The maximum Gasteiger partial charge on any atom is 0.292 e. The normalized spacial score (nSPS) is 21.6. The Morgan fingerprint density at radius 2 is 1.86 bits per heavy atom. The van der Waals surface area contributed by atoms with Crippen LogP contribution < -0.4 is 5.32 Å². The number of nitro groups is 1. The summed E-state index contributed by atoms with van der Waals surface area (Å²) in [5.41, 5.74) is 0.802. The standard InChI is InChI=1S/C16H21FN2O2/c17-12-3-4-15(19(20)21)14(11-12)18-13-5-9-16(10-6-13)7-1-2-8-16/h3-4,11,13,18H,1-2,5-10H2. The lowest BCUT2D eigenvalue weighted by molar-refractivity contribution is -0.384. The highest BCUT2D eigenvalue weighted by Crippen LogP contribution is 2.49. The van der Waals surface area contributed by atoms with E-state index in [1.165, 1.54) is 50.7 Å². The molecule has 0 heterocycles. The van der Waals surface area contributed by atoms with Gasteiger partial charge in [-0.1, -0.05) is 12.8 Å². The number of nitro benzene ring substituents is 1. The predicted octanol–water partition coefficient (Wildman–Crippen LogP) is 4.65. The first-order valence-electron chi connectivity index (χ1n) is 7.79. The molecule has 1 aromatic rings. The monoisotopic (exact) mass is 292 g/mol. The molecule has 1 aromatic carbocycles. The molecule has 0 aromatic heterocycles. The smallest absolute Gasteiger partial charge is 0.292 e. The first-order valence-corrected chi connectivity index (χ1v) is 7.79. The largest absolute Gasteiger partial charge is 0.377 e. The number of nitrogens with zero attached hydrogens (tertiary/aromatic N) is 1. The van der Waals surface area contributed by atoms with Crippen LogP contribution in [0.3, 0.4) is 0 Å². The van der Waals surface area contributed by atoms with Gasteiger partial charge in [0.25, 0.3) is 5.69 Å². The molecule has 0 unspecified atom stereocenters. The van der Waals surface area contributed by atoms with Crippen molar-refractivity contribution in [2.75, 3.05) is 5.32 Å². The van der Waals surface area contributed by atoms with Crippen LogP contribution in [0.25, 0.3) is 0 Å². The van der Waals surface area contributed by atoms with Crippen LogP contribution in [0.1, 0.15) is 51.4 Å². The third kappa shape index (κ3) is 3.01. The van der Waals surface area contributed by atoms with Gasteiger partial charge in [0.1, 0.15) is 11.5 Å². The molecule has 0 aliphatic heterocycles. The summed E-state index contributed by atoms with van der Waals surface area (Å²) in [5.74, 6) is -0.439. The van der Waals surface area contributed by atoms with Crippen molar-refractivity contribution in [3.05, 3.63) is 34.1 Å². The highest BCUT2D eigenvalue weighted by molar-refractivity contribution is 5.61. The average molecular weight is 292 g/mol. The first kappa shape index (κ1) is 14.3. The summed E-state index contributed by atoms with van der Waals surface area (Å²) in [6.45, 7) is 0. The van der Waals surface area contributed by atoms with E-state index >= 15 is 0 Å². The van der Waals surface area contributed by atoms with Gasteiger partial charge in [0.15, 0.2) is 0 Å². The zero-order chi connectivity index (χ0) is 14.9. The Labute approximate surface area is 123 Å². The van der Waals surface area contributed by atoms with Gasteiger partial charge in [-0.05, 0) is 50.0 Å². The topological polar surface area (TPSA) is 55.2 Å². The maximum absolute atomic E-state index is 13.3. The molecule has 0 saturated heterocycles. The molecule has 4 nitrogen and oxygen atoms in total. The van der Waals surface area contributed by atoms with Crippen molar-refractivity contribution in [2.24, 2.45) is 5.41 Å². The second kappa shape index (κ2) is 5.62. The SMILES string of the molecule is O=[N+]([O-])c1ccc(F)cc1NC1CCC2(CCCC2)CC1. The number of hydrogen-bond acceptors (Lipinski definition) is 3. The van der Waals surface area contributed by atoms with E-state index in [9.17, 15) is 14.5 Å². The molecule has 3 rings (SSSR count). The van der Waals surface area contributed by atoms with Crippen LogP contribution >= 0.6 is 0 Å². The molecule has 0 radical (unpaired) electrons. The zero-order valence-electron chi connectivity index (χ0n) is 12.1. The van der Waals surface area contributed by atoms with Crippen LogP contribution in [-0.4, -0.2) is 11.0 Å². The Morgan fingerprint density at radius 3 is 2.48 bits per heavy atom. The number of hydrogen-bond donors (Lipinski definition) is 1. The Kier molecular flexibility index (Phi) is 3.83. The second-order valence-electron chi connectivity index (χ2n) is 6.54. The summed E-state index contributed by atoms with van der Waals surface area (Å²) in [5, 5.41) is 14.2. The van der Waals surface area contributed by atoms with Gasteiger partial charge in [-0.25, -0.2) is 4.39 Å². The van der Waals surface area contributed by atoms with Gasteiger partial charge in [-0.15, -0.1) is 0 Å². The van der Waals surface area contributed by atoms with Crippen molar-refractivity contribution in [3.63, 3.8) is 0 Å². The van der Waals surface area contributed by atoms with Crippen LogP contribution in [0.2, 0.25) is 0 Å². The summed E-state index contributed by atoms with van der Waals surface area (Å²) >= 11 is 0.